The van der Waals surface area contributed by atoms with Crippen molar-refractivity contribution in [2.75, 3.05) is 46.8 Å². The van der Waals surface area contributed by atoms with Crippen LogP contribution in [0.3, 0.4) is 0 Å². The number of hydrogen-bond donors (Lipinski definition) is 1. The van der Waals surface area contributed by atoms with Crippen LogP contribution in [0.25, 0.3) is 0 Å². The third kappa shape index (κ3) is 5.83. The van der Waals surface area contributed by atoms with Crippen LogP contribution >= 0.6 is 0 Å². The molecule has 0 amide bonds. The topological polar surface area (TPSA) is 18.5 Å². The van der Waals surface area contributed by atoms with Crippen molar-refractivity contribution < 1.29 is 0 Å². The highest BCUT2D eigenvalue weighted by Gasteiger charge is 2.18. The molecule has 1 heterocycles. The van der Waals surface area contributed by atoms with Crippen molar-refractivity contribution in [3.8, 4) is 0 Å². The van der Waals surface area contributed by atoms with Gasteiger partial charge in [0.25, 0.3) is 0 Å². The van der Waals surface area contributed by atoms with Crippen LogP contribution in [-0.2, 0) is 0 Å². The molecule has 1 N–H and O–H groups in total. The molecule has 96 valence electrons. The average molecular weight is 227 g/mol. The molecule has 1 aliphatic heterocycles. The first-order chi connectivity index (χ1) is 7.58. The van der Waals surface area contributed by atoms with Gasteiger partial charge in [0, 0.05) is 25.7 Å². The Kier molecular flexibility index (Phi) is 6.32. The lowest BCUT2D eigenvalue weighted by Gasteiger charge is -2.26. The molecule has 0 saturated carbocycles. The van der Waals surface area contributed by atoms with Crippen LogP contribution in [0.1, 0.15) is 26.7 Å². The Morgan fingerprint density at radius 3 is 2.75 bits per heavy atom. The molecule has 0 bridgehead atoms. The Morgan fingerprint density at radius 2 is 2.12 bits per heavy atom. The van der Waals surface area contributed by atoms with Crippen molar-refractivity contribution in [2.24, 2.45) is 5.92 Å². The zero-order chi connectivity index (χ0) is 12.0. The molecule has 0 aromatic carbocycles. The third-order valence-electron chi connectivity index (χ3n) is 3.18. The van der Waals surface area contributed by atoms with Crippen molar-refractivity contribution in [2.45, 2.75) is 32.7 Å². The van der Waals surface area contributed by atoms with Crippen LogP contribution in [0.2, 0.25) is 0 Å². The van der Waals surface area contributed by atoms with Crippen molar-refractivity contribution in [1.82, 2.24) is 15.1 Å². The molecule has 0 radical (unpaired) electrons. The molecule has 0 spiro atoms. The number of likely N-dealkylation sites (N-methyl/N-ethyl adjacent to an activating group) is 1. The molecule has 1 atom stereocenters. The average Bonchev–Trinajstić information content (AvgIpc) is 2.39. The Morgan fingerprint density at radius 1 is 1.38 bits per heavy atom. The molecule has 1 fully saturated rings. The Hall–Kier alpha value is -0.120. The first-order valence-corrected chi connectivity index (χ1v) is 6.68. The summed E-state index contributed by atoms with van der Waals surface area (Å²) in [5, 5.41) is 3.68. The Balaban J connectivity index is 2.33. The monoisotopic (exact) mass is 227 g/mol. The van der Waals surface area contributed by atoms with Gasteiger partial charge in [0.1, 0.15) is 0 Å². The van der Waals surface area contributed by atoms with E-state index in [1.54, 1.807) is 0 Å². The van der Waals surface area contributed by atoms with E-state index in [1.165, 1.54) is 45.6 Å². The quantitative estimate of drug-likeness (QED) is 0.763. The lowest BCUT2D eigenvalue weighted by molar-refractivity contribution is 0.229. The smallest absolute Gasteiger partial charge is 0.0197 e. The van der Waals surface area contributed by atoms with E-state index in [-0.39, 0.29) is 0 Å². The maximum atomic E-state index is 3.68. The standard InChI is InChI=1S/C13H29N3/c1-12(2)10-13-11-16(7-5-6-14-13)9-8-15(3)4/h12-14H,5-11H2,1-4H3. The summed E-state index contributed by atoms with van der Waals surface area (Å²) in [5.41, 5.74) is 0. The highest BCUT2D eigenvalue weighted by molar-refractivity contribution is 4.77. The SMILES string of the molecule is CC(C)CC1CN(CCN(C)C)CCCN1. The van der Waals surface area contributed by atoms with E-state index >= 15 is 0 Å². The molecule has 0 aliphatic carbocycles. The fourth-order valence-electron chi connectivity index (χ4n) is 2.35. The van der Waals surface area contributed by atoms with E-state index in [0.717, 1.165) is 5.92 Å². The number of nitrogens with zero attached hydrogens (tertiary/aromatic N) is 2. The van der Waals surface area contributed by atoms with Gasteiger partial charge in [-0.25, -0.2) is 0 Å². The van der Waals surface area contributed by atoms with Crippen LogP contribution in [0, 0.1) is 5.92 Å². The summed E-state index contributed by atoms with van der Waals surface area (Å²) in [5.74, 6) is 0.797. The summed E-state index contributed by atoms with van der Waals surface area (Å²) in [4.78, 5) is 4.89. The van der Waals surface area contributed by atoms with Crippen LogP contribution in [0.5, 0.6) is 0 Å². The highest BCUT2D eigenvalue weighted by Crippen LogP contribution is 2.09. The Labute approximate surface area is 101 Å². The first-order valence-electron chi connectivity index (χ1n) is 6.68. The van der Waals surface area contributed by atoms with Crippen molar-refractivity contribution in [3.63, 3.8) is 0 Å². The van der Waals surface area contributed by atoms with Crippen LogP contribution in [-0.4, -0.2) is 62.7 Å². The van der Waals surface area contributed by atoms with E-state index < -0.39 is 0 Å². The third-order valence-corrected chi connectivity index (χ3v) is 3.18. The zero-order valence-electron chi connectivity index (χ0n) is 11.5. The van der Waals surface area contributed by atoms with Crippen molar-refractivity contribution in [1.29, 1.82) is 0 Å². The van der Waals surface area contributed by atoms with Gasteiger partial charge in [-0.1, -0.05) is 13.8 Å². The molecule has 1 rings (SSSR count). The van der Waals surface area contributed by atoms with Gasteiger partial charge in [0.15, 0.2) is 0 Å². The summed E-state index contributed by atoms with van der Waals surface area (Å²) >= 11 is 0. The predicted octanol–water partition coefficient (Wildman–Crippen LogP) is 1.26. The Bertz CT molecular complexity index is 180. The second-order valence-corrected chi connectivity index (χ2v) is 5.74. The number of nitrogens with one attached hydrogen (secondary N) is 1. The van der Waals surface area contributed by atoms with E-state index in [2.05, 4.69) is 43.1 Å². The minimum atomic E-state index is 0.699. The van der Waals surface area contributed by atoms with Gasteiger partial charge in [0.05, 0.1) is 0 Å². The maximum absolute atomic E-state index is 3.68. The second kappa shape index (κ2) is 7.25. The summed E-state index contributed by atoms with van der Waals surface area (Å²) in [6.07, 6.45) is 2.60. The summed E-state index contributed by atoms with van der Waals surface area (Å²) < 4.78 is 0. The summed E-state index contributed by atoms with van der Waals surface area (Å²) in [6, 6.07) is 0.699. The molecule has 0 aromatic rings. The van der Waals surface area contributed by atoms with Gasteiger partial charge in [-0.05, 0) is 45.9 Å². The van der Waals surface area contributed by atoms with Crippen LogP contribution in [0.15, 0.2) is 0 Å². The fraction of sp³-hybridized carbons (Fsp3) is 1.00. The lowest BCUT2D eigenvalue weighted by Crippen LogP contribution is -2.40. The van der Waals surface area contributed by atoms with Gasteiger partial charge in [-0.3, -0.25) is 0 Å². The van der Waals surface area contributed by atoms with E-state index in [0.29, 0.717) is 6.04 Å². The normalized spacial score (nSPS) is 24.0. The van der Waals surface area contributed by atoms with E-state index in [4.69, 9.17) is 0 Å². The van der Waals surface area contributed by atoms with Crippen molar-refractivity contribution in [3.05, 3.63) is 0 Å². The second-order valence-electron chi connectivity index (χ2n) is 5.74. The summed E-state index contributed by atoms with van der Waals surface area (Å²) in [7, 11) is 4.31. The molecule has 3 nitrogen and oxygen atoms in total. The van der Waals surface area contributed by atoms with Gasteiger partial charge < -0.3 is 15.1 Å². The molecule has 0 aromatic heterocycles. The first kappa shape index (κ1) is 13.9. The van der Waals surface area contributed by atoms with Gasteiger partial charge >= 0.3 is 0 Å². The predicted molar refractivity (Wildman–Crippen MR) is 70.9 cm³/mol. The molecular weight excluding hydrogens is 198 g/mol. The minimum Gasteiger partial charge on any atom is -0.313 e. The van der Waals surface area contributed by atoms with Gasteiger partial charge in [-0.2, -0.15) is 0 Å². The van der Waals surface area contributed by atoms with Crippen molar-refractivity contribution >= 4 is 0 Å². The number of rotatable bonds is 5. The van der Waals surface area contributed by atoms with Gasteiger partial charge in [0.2, 0.25) is 0 Å². The molecule has 1 aliphatic rings. The van der Waals surface area contributed by atoms with Crippen LogP contribution < -0.4 is 5.32 Å². The lowest BCUT2D eigenvalue weighted by atomic mass is 10.0. The highest BCUT2D eigenvalue weighted by atomic mass is 15.2. The fourth-order valence-corrected chi connectivity index (χ4v) is 2.35. The molecule has 1 saturated heterocycles. The van der Waals surface area contributed by atoms with E-state index in [1.807, 2.05) is 0 Å². The van der Waals surface area contributed by atoms with Crippen LogP contribution in [0.4, 0.5) is 0 Å². The largest absolute Gasteiger partial charge is 0.313 e. The zero-order valence-corrected chi connectivity index (χ0v) is 11.5. The summed E-state index contributed by atoms with van der Waals surface area (Å²) in [6.45, 7) is 10.7. The maximum Gasteiger partial charge on any atom is 0.0197 e. The van der Waals surface area contributed by atoms with Gasteiger partial charge in [-0.15, -0.1) is 0 Å². The number of hydrogen-bond acceptors (Lipinski definition) is 3. The molecule has 1 unspecified atom stereocenters. The molecular formula is C13H29N3. The molecule has 3 heteroatoms. The minimum absolute atomic E-state index is 0.699. The van der Waals surface area contributed by atoms with E-state index in [9.17, 15) is 0 Å². The molecule has 16 heavy (non-hydrogen) atoms.